The number of ether oxygens (including phenoxy) is 2. The average Bonchev–Trinajstić information content (AvgIpc) is 2.42. The van der Waals surface area contributed by atoms with Crippen LogP contribution >= 0.6 is 0 Å². The second-order valence-electron chi connectivity index (χ2n) is 6.87. The summed E-state index contributed by atoms with van der Waals surface area (Å²) in [6.07, 6.45) is 3.56. The maximum atomic E-state index is 11.6. The highest BCUT2D eigenvalue weighted by atomic mass is 16.6. The minimum atomic E-state index is -0.458. The third-order valence-corrected chi connectivity index (χ3v) is 3.71. The van der Waals surface area contributed by atoms with Gasteiger partial charge < -0.3 is 20.1 Å². The van der Waals surface area contributed by atoms with Gasteiger partial charge >= 0.3 is 12.2 Å². The summed E-state index contributed by atoms with van der Waals surface area (Å²) >= 11 is 0. The molecule has 0 atom stereocenters. The van der Waals surface area contributed by atoms with E-state index >= 15 is 0 Å². The molecule has 0 aliphatic heterocycles. The average molecular weight is 314 g/mol. The summed E-state index contributed by atoms with van der Waals surface area (Å²) in [5.74, 6) is 0.994. The molecule has 22 heavy (non-hydrogen) atoms. The minimum Gasteiger partial charge on any atom is -0.450 e. The van der Waals surface area contributed by atoms with Crippen LogP contribution in [-0.4, -0.2) is 37.5 Å². The maximum absolute atomic E-state index is 11.6. The van der Waals surface area contributed by atoms with Crippen molar-refractivity contribution in [3.63, 3.8) is 0 Å². The van der Waals surface area contributed by atoms with Crippen LogP contribution < -0.4 is 10.6 Å². The lowest BCUT2D eigenvalue weighted by Crippen LogP contribution is -2.37. The molecular weight excluding hydrogens is 284 g/mol. The van der Waals surface area contributed by atoms with Crippen LogP contribution in [0.25, 0.3) is 0 Å². The second-order valence-corrected chi connectivity index (χ2v) is 6.87. The van der Waals surface area contributed by atoms with E-state index in [9.17, 15) is 9.59 Å². The van der Waals surface area contributed by atoms with Gasteiger partial charge in [-0.25, -0.2) is 9.59 Å². The maximum Gasteiger partial charge on any atom is 0.407 e. The minimum absolute atomic E-state index is 0.337. The Morgan fingerprint density at radius 1 is 0.955 bits per heavy atom. The summed E-state index contributed by atoms with van der Waals surface area (Å²) in [6.45, 7) is 9.09. The SMILES string of the molecule is CCOC(=O)NCC1CCC(CNC(=O)OC(C)(C)C)CC1. The fraction of sp³-hybridized carbons (Fsp3) is 0.875. The Balaban J connectivity index is 2.15. The van der Waals surface area contributed by atoms with E-state index in [0.29, 0.717) is 31.5 Å². The summed E-state index contributed by atoms with van der Waals surface area (Å²) in [6, 6.07) is 0. The second kappa shape index (κ2) is 8.86. The van der Waals surface area contributed by atoms with Gasteiger partial charge in [-0.2, -0.15) is 0 Å². The molecule has 2 N–H and O–H groups in total. The van der Waals surface area contributed by atoms with Crippen LogP contribution in [-0.2, 0) is 9.47 Å². The third kappa shape index (κ3) is 8.10. The van der Waals surface area contributed by atoms with E-state index in [-0.39, 0.29) is 12.2 Å². The number of carbonyl (C=O) groups is 2. The van der Waals surface area contributed by atoms with Crippen molar-refractivity contribution in [1.82, 2.24) is 10.6 Å². The van der Waals surface area contributed by atoms with Gasteiger partial charge in [-0.1, -0.05) is 0 Å². The van der Waals surface area contributed by atoms with Gasteiger partial charge in [-0.3, -0.25) is 0 Å². The molecule has 6 nitrogen and oxygen atoms in total. The van der Waals surface area contributed by atoms with Crippen molar-refractivity contribution in [2.75, 3.05) is 19.7 Å². The summed E-state index contributed by atoms with van der Waals surface area (Å²) in [7, 11) is 0. The van der Waals surface area contributed by atoms with Crippen LogP contribution in [0.2, 0.25) is 0 Å². The highest BCUT2D eigenvalue weighted by Crippen LogP contribution is 2.28. The molecule has 1 saturated carbocycles. The van der Waals surface area contributed by atoms with Crippen molar-refractivity contribution in [1.29, 1.82) is 0 Å². The lowest BCUT2D eigenvalue weighted by atomic mass is 9.82. The molecule has 1 aliphatic carbocycles. The van der Waals surface area contributed by atoms with E-state index in [0.717, 1.165) is 25.7 Å². The molecule has 0 bridgehead atoms. The van der Waals surface area contributed by atoms with Crippen LogP contribution in [0.4, 0.5) is 9.59 Å². The Morgan fingerprint density at radius 2 is 1.41 bits per heavy atom. The highest BCUT2D eigenvalue weighted by molar-refractivity contribution is 5.67. The van der Waals surface area contributed by atoms with Crippen LogP contribution in [0.15, 0.2) is 0 Å². The Kier molecular flexibility index (Phi) is 7.48. The smallest absolute Gasteiger partial charge is 0.407 e. The molecule has 0 heterocycles. The summed E-state index contributed by atoms with van der Waals surface area (Å²) in [5.41, 5.74) is -0.458. The van der Waals surface area contributed by atoms with Gasteiger partial charge in [0.15, 0.2) is 0 Å². The Hall–Kier alpha value is -1.46. The molecule has 0 unspecified atom stereocenters. The Labute approximate surface area is 133 Å². The zero-order chi connectivity index (χ0) is 16.6. The molecule has 0 aromatic carbocycles. The van der Waals surface area contributed by atoms with Gasteiger partial charge in [0.1, 0.15) is 5.60 Å². The van der Waals surface area contributed by atoms with Crippen LogP contribution in [0.1, 0.15) is 53.4 Å². The lowest BCUT2D eigenvalue weighted by Gasteiger charge is -2.29. The number of hydrogen-bond acceptors (Lipinski definition) is 4. The van der Waals surface area contributed by atoms with E-state index in [2.05, 4.69) is 10.6 Å². The standard InChI is InChI=1S/C16H30N2O4/c1-5-21-14(19)17-10-12-6-8-13(9-7-12)11-18-15(20)22-16(2,3)4/h12-13H,5-11H2,1-4H3,(H,17,19)(H,18,20). The van der Waals surface area contributed by atoms with E-state index < -0.39 is 5.60 Å². The van der Waals surface area contributed by atoms with Gasteiger partial charge in [-0.15, -0.1) is 0 Å². The molecule has 2 amide bonds. The predicted octanol–water partition coefficient (Wildman–Crippen LogP) is 3.06. The number of hydrogen-bond donors (Lipinski definition) is 2. The summed E-state index contributed by atoms with van der Waals surface area (Å²) in [4.78, 5) is 22.9. The van der Waals surface area contributed by atoms with E-state index in [1.807, 2.05) is 20.8 Å². The van der Waals surface area contributed by atoms with Crippen molar-refractivity contribution < 1.29 is 19.1 Å². The van der Waals surface area contributed by atoms with Gasteiger partial charge in [0.25, 0.3) is 0 Å². The third-order valence-electron chi connectivity index (χ3n) is 3.71. The topological polar surface area (TPSA) is 76.7 Å². The van der Waals surface area contributed by atoms with E-state index in [1.54, 1.807) is 6.92 Å². The fourth-order valence-corrected chi connectivity index (χ4v) is 2.59. The van der Waals surface area contributed by atoms with E-state index in [4.69, 9.17) is 9.47 Å². The number of carbonyl (C=O) groups excluding carboxylic acids is 2. The van der Waals surface area contributed by atoms with Crippen LogP contribution in [0.3, 0.4) is 0 Å². The van der Waals surface area contributed by atoms with Crippen molar-refractivity contribution in [2.45, 2.75) is 59.0 Å². The zero-order valence-corrected chi connectivity index (χ0v) is 14.2. The molecule has 0 radical (unpaired) electrons. The molecular formula is C16H30N2O4. The normalized spacial score (nSPS) is 21.8. The highest BCUT2D eigenvalue weighted by Gasteiger charge is 2.23. The zero-order valence-electron chi connectivity index (χ0n) is 14.2. The van der Waals surface area contributed by atoms with Gasteiger partial charge in [0.2, 0.25) is 0 Å². The van der Waals surface area contributed by atoms with Gasteiger partial charge in [0, 0.05) is 13.1 Å². The molecule has 0 spiro atoms. The molecule has 6 heteroatoms. The molecule has 128 valence electrons. The van der Waals surface area contributed by atoms with Gasteiger partial charge in [-0.05, 0) is 65.2 Å². The van der Waals surface area contributed by atoms with Crippen molar-refractivity contribution in [3.05, 3.63) is 0 Å². The van der Waals surface area contributed by atoms with Crippen molar-refractivity contribution in [3.8, 4) is 0 Å². The summed E-state index contributed by atoms with van der Waals surface area (Å²) in [5, 5.41) is 5.63. The van der Waals surface area contributed by atoms with Crippen LogP contribution in [0.5, 0.6) is 0 Å². The molecule has 0 saturated heterocycles. The molecule has 1 fully saturated rings. The molecule has 1 aliphatic rings. The lowest BCUT2D eigenvalue weighted by molar-refractivity contribution is 0.0513. The quantitative estimate of drug-likeness (QED) is 0.817. The Bertz CT molecular complexity index is 358. The number of alkyl carbamates (subject to hydrolysis) is 2. The van der Waals surface area contributed by atoms with Crippen molar-refractivity contribution in [2.24, 2.45) is 11.8 Å². The molecule has 0 aromatic rings. The van der Waals surface area contributed by atoms with Crippen LogP contribution in [0, 0.1) is 11.8 Å². The number of nitrogens with one attached hydrogen (secondary N) is 2. The van der Waals surface area contributed by atoms with E-state index in [1.165, 1.54) is 0 Å². The monoisotopic (exact) mass is 314 g/mol. The summed E-state index contributed by atoms with van der Waals surface area (Å²) < 4.78 is 10.1. The molecule has 0 aromatic heterocycles. The van der Waals surface area contributed by atoms with Crippen molar-refractivity contribution >= 4 is 12.2 Å². The largest absolute Gasteiger partial charge is 0.450 e. The first kappa shape index (κ1) is 18.6. The predicted molar refractivity (Wildman–Crippen MR) is 84.7 cm³/mol. The Morgan fingerprint density at radius 3 is 1.82 bits per heavy atom. The first-order valence-electron chi connectivity index (χ1n) is 8.17. The fourth-order valence-electron chi connectivity index (χ4n) is 2.59. The first-order valence-corrected chi connectivity index (χ1v) is 8.17. The number of rotatable bonds is 5. The number of amides is 2. The first-order chi connectivity index (χ1) is 10.3. The molecule has 1 rings (SSSR count). The van der Waals surface area contributed by atoms with Gasteiger partial charge in [0.05, 0.1) is 6.61 Å².